The van der Waals surface area contributed by atoms with Crippen molar-refractivity contribution in [3.63, 3.8) is 0 Å². The van der Waals surface area contributed by atoms with E-state index in [2.05, 4.69) is 0 Å². The fourth-order valence-electron chi connectivity index (χ4n) is 1.00. The molecule has 1 aromatic carbocycles. The molecule has 0 aliphatic heterocycles. The molecule has 0 saturated heterocycles. The van der Waals surface area contributed by atoms with E-state index in [4.69, 9.17) is 10.5 Å². The molecule has 0 unspecified atom stereocenters. The van der Waals surface area contributed by atoms with Gasteiger partial charge in [-0.05, 0) is 44.5 Å². The van der Waals surface area contributed by atoms with E-state index in [-0.39, 0.29) is 5.97 Å². The normalized spacial score (nSPS) is 11.1. The molecule has 0 aliphatic rings. The number of hydrogen-bond donors (Lipinski definition) is 1. The lowest BCUT2D eigenvalue weighted by atomic mass is 10.1. The van der Waals surface area contributed by atoms with E-state index in [0.29, 0.717) is 11.3 Å². The molecule has 1 rings (SSSR count). The molecule has 0 radical (unpaired) electrons. The molecule has 0 amide bonds. The van der Waals surface area contributed by atoms with Crippen molar-refractivity contribution in [1.82, 2.24) is 0 Å². The van der Waals surface area contributed by atoms with Gasteiger partial charge < -0.3 is 10.5 Å². The lowest BCUT2D eigenvalue weighted by molar-refractivity contribution is -0.00242. The lowest BCUT2D eigenvalue weighted by Crippen LogP contribution is -2.27. The summed E-state index contributed by atoms with van der Waals surface area (Å²) in [6.07, 6.45) is 0.785. The average molecular weight is 207 g/mol. The van der Waals surface area contributed by atoms with Crippen molar-refractivity contribution < 1.29 is 9.53 Å². The molecule has 0 heterocycles. The SMILES string of the molecule is CCC(C)(C)OC(=O)c1ccc(N)cc1. The second kappa shape index (κ2) is 4.34. The average Bonchev–Trinajstić information content (AvgIpc) is 2.18. The lowest BCUT2D eigenvalue weighted by Gasteiger charge is -2.23. The Kier molecular flexibility index (Phi) is 3.35. The second-order valence-electron chi connectivity index (χ2n) is 4.12. The summed E-state index contributed by atoms with van der Waals surface area (Å²) in [7, 11) is 0. The molecular weight excluding hydrogens is 190 g/mol. The van der Waals surface area contributed by atoms with Crippen molar-refractivity contribution >= 4 is 11.7 Å². The van der Waals surface area contributed by atoms with Crippen LogP contribution in [0.15, 0.2) is 24.3 Å². The van der Waals surface area contributed by atoms with Crippen LogP contribution in [0.4, 0.5) is 5.69 Å². The van der Waals surface area contributed by atoms with Crippen LogP contribution < -0.4 is 5.73 Å². The van der Waals surface area contributed by atoms with E-state index in [0.717, 1.165) is 6.42 Å². The first-order valence-electron chi connectivity index (χ1n) is 5.03. The van der Waals surface area contributed by atoms with E-state index in [1.54, 1.807) is 24.3 Å². The Hall–Kier alpha value is -1.51. The van der Waals surface area contributed by atoms with Crippen LogP contribution in [0.1, 0.15) is 37.6 Å². The smallest absolute Gasteiger partial charge is 0.338 e. The monoisotopic (exact) mass is 207 g/mol. The first-order valence-corrected chi connectivity index (χ1v) is 5.03. The summed E-state index contributed by atoms with van der Waals surface area (Å²) < 4.78 is 5.33. The van der Waals surface area contributed by atoms with Crippen LogP contribution >= 0.6 is 0 Å². The first-order chi connectivity index (χ1) is 6.94. The predicted molar refractivity (Wildman–Crippen MR) is 60.6 cm³/mol. The maximum absolute atomic E-state index is 11.7. The molecule has 0 spiro atoms. The molecular formula is C12H17NO2. The summed E-state index contributed by atoms with van der Waals surface area (Å²) >= 11 is 0. The number of carbonyl (C=O) groups is 1. The number of hydrogen-bond acceptors (Lipinski definition) is 3. The van der Waals surface area contributed by atoms with E-state index < -0.39 is 5.60 Å². The zero-order valence-electron chi connectivity index (χ0n) is 9.41. The van der Waals surface area contributed by atoms with Gasteiger partial charge in [0, 0.05) is 5.69 Å². The van der Waals surface area contributed by atoms with Gasteiger partial charge in [0.1, 0.15) is 5.60 Å². The molecule has 3 heteroatoms. The molecule has 82 valence electrons. The van der Waals surface area contributed by atoms with Crippen molar-refractivity contribution in [2.24, 2.45) is 0 Å². The summed E-state index contributed by atoms with van der Waals surface area (Å²) in [5.74, 6) is -0.304. The minimum Gasteiger partial charge on any atom is -0.456 e. The van der Waals surface area contributed by atoms with Crippen LogP contribution in [-0.4, -0.2) is 11.6 Å². The van der Waals surface area contributed by atoms with Gasteiger partial charge in [0.25, 0.3) is 0 Å². The Balaban J connectivity index is 2.74. The van der Waals surface area contributed by atoms with Gasteiger partial charge in [-0.2, -0.15) is 0 Å². The largest absolute Gasteiger partial charge is 0.456 e. The summed E-state index contributed by atoms with van der Waals surface area (Å²) in [5, 5.41) is 0. The second-order valence-corrected chi connectivity index (χ2v) is 4.12. The Labute approximate surface area is 90.2 Å². The quantitative estimate of drug-likeness (QED) is 0.612. The number of carbonyl (C=O) groups excluding carboxylic acids is 1. The zero-order valence-corrected chi connectivity index (χ0v) is 9.41. The number of rotatable bonds is 3. The van der Waals surface area contributed by atoms with Crippen molar-refractivity contribution in [2.75, 3.05) is 5.73 Å². The van der Waals surface area contributed by atoms with Gasteiger partial charge in [0.15, 0.2) is 0 Å². The molecule has 15 heavy (non-hydrogen) atoms. The summed E-state index contributed by atoms with van der Waals surface area (Å²) in [6.45, 7) is 5.76. The highest BCUT2D eigenvalue weighted by Crippen LogP contribution is 2.17. The van der Waals surface area contributed by atoms with Crippen LogP contribution in [0, 0.1) is 0 Å². The summed E-state index contributed by atoms with van der Waals surface area (Å²) in [6, 6.07) is 6.72. The van der Waals surface area contributed by atoms with Gasteiger partial charge in [-0.15, -0.1) is 0 Å². The number of nitrogen functional groups attached to an aromatic ring is 1. The van der Waals surface area contributed by atoms with Crippen LogP contribution in [0.2, 0.25) is 0 Å². The molecule has 0 bridgehead atoms. The standard InChI is InChI=1S/C12H17NO2/c1-4-12(2,3)15-11(14)9-5-7-10(13)8-6-9/h5-8H,4,13H2,1-3H3. The van der Waals surface area contributed by atoms with Crippen LogP contribution in [0.5, 0.6) is 0 Å². The highest BCUT2D eigenvalue weighted by molar-refractivity contribution is 5.90. The van der Waals surface area contributed by atoms with E-state index in [9.17, 15) is 4.79 Å². The zero-order chi connectivity index (χ0) is 11.5. The molecule has 0 saturated carbocycles. The van der Waals surface area contributed by atoms with Gasteiger partial charge in [0.2, 0.25) is 0 Å². The Morgan fingerprint density at radius 1 is 1.33 bits per heavy atom. The summed E-state index contributed by atoms with van der Waals surface area (Å²) in [4.78, 5) is 11.7. The predicted octanol–water partition coefficient (Wildman–Crippen LogP) is 2.61. The number of esters is 1. The van der Waals surface area contributed by atoms with Gasteiger partial charge >= 0.3 is 5.97 Å². The summed E-state index contributed by atoms with van der Waals surface area (Å²) in [5.41, 5.74) is 6.28. The van der Waals surface area contributed by atoms with E-state index >= 15 is 0 Å². The third-order valence-electron chi connectivity index (χ3n) is 2.37. The van der Waals surface area contributed by atoms with Crippen LogP contribution in [0.3, 0.4) is 0 Å². The first kappa shape index (κ1) is 11.6. The number of anilines is 1. The van der Waals surface area contributed by atoms with E-state index in [1.165, 1.54) is 0 Å². The van der Waals surface area contributed by atoms with Gasteiger partial charge in [-0.3, -0.25) is 0 Å². The molecule has 3 nitrogen and oxygen atoms in total. The molecule has 0 fully saturated rings. The third kappa shape index (κ3) is 3.27. The minimum atomic E-state index is -0.418. The number of benzene rings is 1. The van der Waals surface area contributed by atoms with Crippen molar-refractivity contribution in [1.29, 1.82) is 0 Å². The van der Waals surface area contributed by atoms with Gasteiger partial charge in [-0.25, -0.2) is 4.79 Å². The Morgan fingerprint density at radius 2 is 1.87 bits per heavy atom. The molecule has 0 aliphatic carbocycles. The molecule has 0 aromatic heterocycles. The van der Waals surface area contributed by atoms with Gasteiger partial charge in [0.05, 0.1) is 5.56 Å². The Bertz CT molecular complexity index is 341. The van der Waals surface area contributed by atoms with Crippen molar-refractivity contribution in [3.05, 3.63) is 29.8 Å². The van der Waals surface area contributed by atoms with Crippen molar-refractivity contribution in [3.8, 4) is 0 Å². The maximum Gasteiger partial charge on any atom is 0.338 e. The molecule has 2 N–H and O–H groups in total. The highest BCUT2D eigenvalue weighted by Gasteiger charge is 2.21. The third-order valence-corrected chi connectivity index (χ3v) is 2.37. The molecule has 1 aromatic rings. The van der Waals surface area contributed by atoms with E-state index in [1.807, 2.05) is 20.8 Å². The van der Waals surface area contributed by atoms with Gasteiger partial charge in [-0.1, -0.05) is 6.92 Å². The fourth-order valence-corrected chi connectivity index (χ4v) is 1.00. The van der Waals surface area contributed by atoms with Crippen LogP contribution in [-0.2, 0) is 4.74 Å². The Morgan fingerprint density at radius 3 is 2.33 bits per heavy atom. The highest BCUT2D eigenvalue weighted by atomic mass is 16.6. The fraction of sp³-hybridized carbons (Fsp3) is 0.417. The maximum atomic E-state index is 11.7. The van der Waals surface area contributed by atoms with Crippen molar-refractivity contribution in [2.45, 2.75) is 32.8 Å². The number of nitrogens with two attached hydrogens (primary N) is 1. The minimum absolute atomic E-state index is 0.304. The topological polar surface area (TPSA) is 52.3 Å². The molecule has 0 atom stereocenters. The number of ether oxygens (including phenoxy) is 1. The van der Waals surface area contributed by atoms with Crippen LogP contribution in [0.25, 0.3) is 0 Å².